The number of primary amides is 1. The second-order valence-corrected chi connectivity index (χ2v) is 5.51. The van der Waals surface area contributed by atoms with Crippen LogP contribution >= 0.6 is 0 Å². The maximum Gasteiger partial charge on any atom is 0.298 e. The van der Waals surface area contributed by atoms with Crippen LogP contribution in [0.5, 0.6) is 5.75 Å². The maximum atomic E-state index is 11.5. The highest BCUT2D eigenvalue weighted by molar-refractivity contribution is 5.93. The van der Waals surface area contributed by atoms with Crippen LogP contribution in [0.3, 0.4) is 0 Å². The number of carbonyl (C=O) groups excluding carboxylic acids is 2. The van der Waals surface area contributed by atoms with E-state index >= 15 is 0 Å². The van der Waals surface area contributed by atoms with Gasteiger partial charge in [-0.3, -0.25) is 9.59 Å². The summed E-state index contributed by atoms with van der Waals surface area (Å²) in [5, 5.41) is 10.1. The van der Waals surface area contributed by atoms with Gasteiger partial charge in [-0.15, -0.1) is 6.42 Å². The molecule has 1 fully saturated rings. The summed E-state index contributed by atoms with van der Waals surface area (Å²) < 4.78 is 0. The van der Waals surface area contributed by atoms with Gasteiger partial charge in [0.25, 0.3) is 5.91 Å². The number of rotatable bonds is 4. The van der Waals surface area contributed by atoms with E-state index in [4.69, 9.17) is 17.9 Å². The van der Waals surface area contributed by atoms with Gasteiger partial charge in [0, 0.05) is 24.8 Å². The number of phenolic OH excluding ortho intramolecular Hbond substituents is 1. The summed E-state index contributed by atoms with van der Waals surface area (Å²) in [6.45, 7) is 0.947. The highest BCUT2D eigenvalue weighted by Crippen LogP contribution is 2.33. The van der Waals surface area contributed by atoms with E-state index < -0.39 is 5.91 Å². The monoisotopic (exact) mass is 316 g/mol. The third-order valence-electron chi connectivity index (χ3n) is 3.95. The van der Waals surface area contributed by atoms with Gasteiger partial charge >= 0.3 is 0 Å². The zero-order valence-corrected chi connectivity index (χ0v) is 12.7. The Morgan fingerprint density at radius 3 is 2.61 bits per heavy atom. The number of terminal acetylenes is 1. The molecular formula is C16H20N4O3. The molecule has 5 N–H and O–H groups in total. The number of piperidine rings is 1. The summed E-state index contributed by atoms with van der Waals surface area (Å²) in [5.74, 6) is 1.29. The van der Waals surface area contributed by atoms with Crippen LogP contribution in [0.2, 0.25) is 0 Å². The van der Waals surface area contributed by atoms with E-state index in [-0.39, 0.29) is 24.2 Å². The number of nitrogens with zero attached hydrogens (tertiary/aromatic N) is 2. The standard InChI is InChI=1S/C16H20N4O3/c1-2-16(23)19-7-5-12(6-8-19)20(10-15(18)22)13-9-11(17)3-4-14(13)21/h1,3-4,9,12,21H,5-8,10,17H2,(H2,18,22). The third-order valence-corrected chi connectivity index (χ3v) is 3.95. The van der Waals surface area contributed by atoms with Crippen molar-refractivity contribution < 1.29 is 14.7 Å². The molecule has 0 aromatic heterocycles. The molecule has 2 amide bonds. The van der Waals surface area contributed by atoms with Crippen molar-refractivity contribution in [2.75, 3.05) is 30.3 Å². The molecule has 1 aliphatic heterocycles. The normalized spacial score (nSPS) is 15.0. The third kappa shape index (κ3) is 3.86. The predicted molar refractivity (Wildman–Crippen MR) is 87.5 cm³/mol. The van der Waals surface area contributed by atoms with E-state index in [0.717, 1.165) is 0 Å². The SMILES string of the molecule is C#CC(=O)N1CCC(N(CC(N)=O)c2cc(N)ccc2O)CC1. The lowest BCUT2D eigenvalue weighted by Gasteiger charge is -2.39. The summed E-state index contributed by atoms with van der Waals surface area (Å²) >= 11 is 0. The molecule has 7 nitrogen and oxygen atoms in total. The van der Waals surface area contributed by atoms with Gasteiger partial charge in [-0.1, -0.05) is 0 Å². The van der Waals surface area contributed by atoms with Crippen molar-refractivity contribution in [3.8, 4) is 18.1 Å². The molecule has 1 aliphatic rings. The molecule has 1 aromatic carbocycles. The molecule has 122 valence electrons. The van der Waals surface area contributed by atoms with Crippen LogP contribution < -0.4 is 16.4 Å². The number of amides is 2. The number of hydrogen-bond donors (Lipinski definition) is 3. The van der Waals surface area contributed by atoms with E-state index in [9.17, 15) is 14.7 Å². The maximum absolute atomic E-state index is 11.5. The minimum Gasteiger partial charge on any atom is -0.506 e. The summed E-state index contributed by atoms with van der Waals surface area (Å²) in [6, 6.07) is 4.62. The van der Waals surface area contributed by atoms with Gasteiger partial charge in [0.1, 0.15) is 5.75 Å². The Kier molecular flexibility index (Phi) is 4.96. The number of hydrogen-bond acceptors (Lipinski definition) is 5. The molecule has 2 rings (SSSR count). The number of likely N-dealkylation sites (tertiary alicyclic amines) is 1. The molecular weight excluding hydrogens is 296 g/mol. The van der Waals surface area contributed by atoms with Gasteiger partial charge in [-0.2, -0.15) is 0 Å². The lowest BCUT2D eigenvalue weighted by molar-refractivity contribution is -0.126. The Morgan fingerprint density at radius 2 is 2.04 bits per heavy atom. The summed E-state index contributed by atoms with van der Waals surface area (Å²) in [6.07, 6.45) is 6.37. The number of carbonyl (C=O) groups is 2. The van der Waals surface area contributed by atoms with Crippen LogP contribution in [0.1, 0.15) is 12.8 Å². The number of nitrogen functional groups attached to an aromatic ring is 1. The number of phenols is 1. The summed E-state index contributed by atoms with van der Waals surface area (Å²) in [5.41, 5.74) is 12.1. The molecule has 1 saturated heterocycles. The molecule has 0 atom stereocenters. The van der Waals surface area contributed by atoms with E-state index in [0.29, 0.717) is 37.3 Å². The minimum absolute atomic E-state index is 0.0302. The Morgan fingerprint density at radius 1 is 1.39 bits per heavy atom. The highest BCUT2D eigenvalue weighted by atomic mass is 16.3. The van der Waals surface area contributed by atoms with E-state index in [1.54, 1.807) is 21.9 Å². The molecule has 0 radical (unpaired) electrons. The van der Waals surface area contributed by atoms with Crippen molar-refractivity contribution in [2.24, 2.45) is 5.73 Å². The van der Waals surface area contributed by atoms with E-state index in [1.807, 2.05) is 0 Å². The molecule has 0 saturated carbocycles. The van der Waals surface area contributed by atoms with Crippen molar-refractivity contribution >= 4 is 23.2 Å². The smallest absolute Gasteiger partial charge is 0.298 e. The van der Waals surface area contributed by atoms with Crippen LogP contribution in [0.25, 0.3) is 0 Å². The van der Waals surface area contributed by atoms with Crippen LogP contribution in [-0.4, -0.2) is 47.5 Å². The van der Waals surface area contributed by atoms with Crippen molar-refractivity contribution in [1.82, 2.24) is 4.90 Å². The lowest BCUT2D eigenvalue weighted by Crippen LogP contribution is -2.49. The van der Waals surface area contributed by atoms with Crippen LogP contribution in [0.4, 0.5) is 11.4 Å². The van der Waals surface area contributed by atoms with Gasteiger partial charge in [0.05, 0.1) is 12.2 Å². The first kappa shape index (κ1) is 16.5. The molecule has 23 heavy (non-hydrogen) atoms. The number of aromatic hydroxyl groups is 1. The molecule has 0 unspecified atom stereocenters. The van der Waals surface area contributed by atoms with Crippen molar-refractivity contribution in [3.63, 3.8) is 0 Å². The molecule has 0 aliphatic carbocycles. The largest absolute Gasteiger partial charge is 0.506 e. The minimum atomic E-state index is -0.506. The molecule has 1 aromatic rings. The molecule has 0 bridgehead atoms. The Bertz CT molecular complexity index is 645. The van der Waals surface area contributed by atoms with Gasteiger partial charge in [0.2, 0.25) is 5.91 Å². The zero-order chi connectivity index (χ0) is 17.0. The Balaban J connectivity index is 2.20. The molecule has 0 spiro atoms. The Labute approximate surface area is 134 Å². The number of benzene rings is 1. The van der Waals surface area contributed by atoms with Crippen LogP contribution in [0, 0.1) is 12.3 Å². The van der Waals surface area contributed by atoms with Gasteiger partial charge < -0.3 is 26.4 Å². The van der Waals surface area contributed by atoms with Gasteiger partial charge in [-0.25, -0.2) is 0 Å². The first-order valence-electron chi connectivity index (χ1n) is 7.31. The zero-order valence-electron chi connectivity index (χ0n) is 12.7. The lowest BCUT2D eigenvalue weighted by atomic mass is 10.0. The summed E-state index contributed by atoms with van der Waals surface area (Å²) in [4.78, 5) is 26.3. The number of anilines is 2. The van der Waals surface area contributed by atoms with Crippen LogP contribution in [0.15, 0.2) is 18.2 Å². The van der Waals surface area contributed by atoms with Crippen molar-refractivity contribution in [1.29, 1.82) is 0 Å². The first-order chi connectivity index (χ1) is 10.9. The fourth-order valence-electron chi connectivity index (χ4n) is 2.82. The van der Waals surface area contributed by atoms with E-state index in [2.05, 4.69) is 5.92 Å². The van der Waals surface area contributed by atoms with Crippen LogP contribution in [-0.2, 0) is 9.59 Å². The first-order valence-corrected chi connectivity index (χ1v) is 7.31. The second kappa shape index (κ2) is 6.92. The summed E-state index contributed by atoms with van der Waals surface area (Å²) in [7, 11) is 0. The van der Waals surface area contributed by atoms with Gasteiger partial charge in [-0.05, 0) is 37.0 Å². The topological polar surface area (TPSA) is 113 Å². The average molecular weight is 316 g/mol. The highest BCUT2D eigenvalue weighted by Gasteiger charge is 2.28. The van der Waals surface area contributed by atoms with E-state index in [1.165, 1.54) is 6.07 Å². The Hall–Kier alpha value is -2.88. The van der Waals surface area contributed by atoms with Gasteiger partial charge in [0.15, 0.2) is 0 Å². The fraction of sp³-hybridized carbons (Fsp3) is 0.375. The molecule has 1 heterocycles. The molecule has 7 heteroatoms. The quantitative estimate of drug-likeness (QED) is 0.407. The fourth-order valence-corrected chi connectivity index (χ4v) is 2.82. The second-order valence-electron chi connectivity index (χ2n) is 5.51. The average Bonchev–Trinajstić information content (AvgIpc) is 2.54. The predicted octanol–water partition coefficient (Wildman–Crippen LogP) is -0.110. The number of nitrogens with two attached hydrogens (primary N) is 2. The van der Waals surface area contributed by atoms with Crippen molar-refractivity contribution in [3.05, 3.63) is 18.2 Å². The van der Waals surface area contributed by atoms with Crippen molar-refractivity contribution in [2.45, 2.75) is 18.9 Å².